The van der Waals surface area contributed by atoms with Crippen molar-refractivity contribution in [2.24, 2.45) is 28.1 Å². The summed E-state index contributed by atoms with van der Waals surface area (Å²) in [7, 11) is 0. The highest BCUT2D eigenvalue weighted by atomic mass is 16.2. The normalized spacial score (nSPS) is 35.3. The molecule has 2 atom stereocenters. The van der Waals surface area contributed by atoms with Gasteiger partial charge in [-0.15, -0.1) is 0 Å². The van der Waals surface area contributed by atoms with Gasteiger partial charge in [-0.1, -0.05) is 19.4 Å². The largest absolute Gasteiger partial charge is 0.350 e. The van der Waals surface area contributed by atoms with Crippen molar-refractivity contribution >= 4 is 11.7 Å². The third-order valence-electron chi connectivity index (χ3n) is 3.71. The van der Waals surface area contributed by atoms with Crippen molar-refractivity contribution in [3.05, 3.63) is 11.6 Å². The summed E-state index contributed by atoms with van der Waals surface area (Å²) in [5, 5.41) is 4.10. The van der Waals surface area contributed by atoms with Gasteiger partial charge in [0.1, 0.15) is 0 Å². The molecule has 1 fully saturated rings. The molecule has 0 spiro atoms. The van der Waals surface area contributed by atoms with Crippen LogP contribution in [0.4, 0.5) is 4.79 Å². The number of allylic oxidation sites excluding steroid dienone is 2. The Kier molecular flexibility index (Phi) is 2.10. The van der Waals surface area contributed by atoms with Crippen LogP contribution in [0, 0.1) is 17.3 Å². The van der Waals surface area contributed by atoms with Crippen LogP contribution in [-0.4, -0.2) is 11.7 Å². The number of nitrogens with one attached hydrogen (secondary N) is 1. The average Bonchev–Trinajstić information content (AvgIpc) is 2.82. The number of hydrazone groups is 1. The molecule has 0 bridgehead atoms. The summed E-state index contributed by atoms with van der Waals surface area (Å²) in [4.78, 5) is 10.6. The molecule has 2 aliphatic carbocycles. The van der Waals surface area contributed by atoms with Crippen molar-refractivity contribution in [1.29, 1.82) is 0 Å². The fourth-order valence-corrected chi connectivity index (χ4v) is 2.77. The Morgan fingerprint density at radius 3 is 2.87 bits per heavy atom. The van der Waals surface area contributed by atoms with Crippen molar-refractivity contribution in [3.8, 4) is 0 Å². The molecule has 0 aliphatic heterocycles. The van der Waals surface area contributed by atoms with E-state index >= 15 is 0 Å². The minimum atomic E-state index is -0.600. The van der Waals surface area contributed by atoms with Gasteiger partial charge in [-0.3, -0.25) is 0 Å². The fraction of sp³-hybridized carbons (Fsp3) is 0.636. The third kappa shape index (κ3) is 1.35. The van der Waals surface area contributed by atoms with E-state index in [2.05, 4.69) is 37.4 Å². The molecule has 0 radical (unpaired) electrons. The van der Waals surface area contributed by atoms with Crippen molar-refractivity contribution in [2.45, 2.75) is 27.2 Å². The molecular weight excluding hydrogens is 190 g/mol. The maximum absolute atomic E-state index is 10.6. The van der Waals surface area contributed by atoms with Gasteiger partial charge < -0.3 is 5.73 Å². The predicted octanol–water partition coefficient (Wildman–Crippen LogP) is 1.63. The summed E-state index contributed by atoms with van der Waals surface area (Å²) in [5.74, 6) is 1.18. The van der Waals surface area contributed by atoms with Crippen LogP contribution in [0.3, 0.4) is 0 Å². The van der Waals surface area contributed by atoms with Crippen molar-refractivity contribution in [3.63, 3.8) is 0 Å². The molecule has 4 nitrogen and oxygen atoms in total. The number of amides is 2. The van der Waals surface area contributed by atoms with Gasteiger partial charge in [0.05, 0.1) is 5.71 Å². The number of fused-ring (bicyclic) bond motifs is 1. The zero-order valence-corrected chi connectivity index (χ0v) is 9.37. The summed E-state index contributed by atoms with van der Waals surface area (Å²) in [6.07, 6.45) is 3.23. The van der Waals surface area contributed by atoms with E-state index in [0.717, 1.165) is 12.1 Å². The van der Waals surface area contributed by atoms with Gasteiger partial charge in [0.25, 0.3) is 0 Å². The molecule has 0 aromatic heterocycles. The Balaban J connectivity index is 2.24. The molecule has 2 rings (SSSR count). The Hall–Kier alpha value is -1.32. The van der Waals surface area contributed by atoms with Gasteiger partial charge in [0.2, 0.25) is 0 Å². The number of nitrogens with zero attached hydrogens (tertiary/aromatic N) is 1. The van der Waals surface area contributed by atoms with Gasteiger partial charge in [-0.25, -0.2) is 10.2 Å². The summed E-state index contributed by atoms with van der Waals surface area (Å²) >= 11 is 0. The molecule has 0 aromatic rings. The third-order valence-corrected chi connectivity index (χ3v) is 3.71. The van der Waals surface area contributed by atoms with Gasteiger partial charge in [0.15, 0.2) is 0 Å². The van der Waals surface area contributed by atoms with Crippen molar-refractivity contribution in [1.82, 2.24) is 5.43 Å². The van der Waals surface area contributed by atoms with E-state index in [1.54, 1.807) is 0 Å². The first-order valence-electron chi connectivity index (χ1n) is 5.30. The summed E-state index contributed by atoms with van der Waals surface area (Å²) in [6, 6.07) is -0.600. The first-order valence-corrected chi connectivity index (χ1v) is 5.30. The highest BCUT2D eigenvalue weighted by molar-refractivity contribution is 6.06. The maximum Gasteiger partial charge on any atom is 0.332 e. The second-order valence-corrected chi connectivity index (χ2v) is 4.81. The number of hydrogen-bond acceptors (Lipinski definition) is 2. The monoisotopic (exact) mass is 207 g/mol. The maximum atomic E-state index is 10.6. The molecule has 2 amide bonds. The molecule has 82 valence electrons. The molecular formula is C11H17N3O. The van der Waals surface area contributed by atoms with E-state index in [0.29, 0.717) is 11.8 Å². The molecule has 3 N–H and O–H groups in total. The quantitative estimate of drug-likeness (QED) is 0.664. The lowest BCUT2D eigenvalue weighted by Crippen LogP contribution is -2.28. The van der Waals surface area contributed by atoms with Crippen LogP contribution in [-0.2, 0) is 0 Å². The van der Waals surface area contributed by atoms with E-state index in [4.69, 9.17) is 5.73 Å². The van der Waals surface area contributed by atoms with Crippen LogP contribution in [0.25, 0.3) is 0 Å². The van der Waals surface area contributed by atoms with Gasteiger partial charge in [-0.2, -0.15) is 5.10 Å². The molecule has 4 heteroatoms. The van der Waals surface area contributed by atoms with Crippen LogP contribution in [0.2, 0.25) is 0 Å². The fourth-order valence-electron chi connectivity index (χ4n) is 2.77. The highest BCUT2D eigenvalue weighted by Gasteiger charge is 2.62. The Bertz CT molecular complexity index is 370. The van der Waals surface area contributed by atoms with Crippen LogP contribution in [0.1, 0.15) is 27.2 Å². The average molecular weight is 207 g/mol. The summed E-state index contributed by atoms with van der Waals surface area (Å²) in [5.41, 5.74) is 9.86. The van der Waals surface area contributed by atoms with Crippen molar-refractivity contribution < 1.29 is 4.79 Å². The molecule has 0 aromatic carbocycles. The highest BCUT2D eigenvalue weighted by Crippen LogP contribution is 2.65. The molecule has 1 saturated carbocycles. The van der Waals surface area contributed by atoms with Gasteiger partial charge in [-0.05, 0) is 31.3 Å². The van der Waals surface area contributed by atoms with E-state index in [1.165, 1.54) is 5.57 Å². The molecule has 2 unspecified atom stereocenters. The zero-order valence-electron chi connectivity index (χ0n) is 9.37. The number of carbonyl (C=O) groups is 1. The van der Waals surface area contributed by atoms with Gasteiger partial charge in [0, 0.05) is 5.41 Å². The minimum absolute atomic E-state index is 0.173. The minimum Gasteiger partial charge on any atom is -0.350 e. The first kappa shape index (κ1) is 10.2. The van der Waals surface area contributed by atoms with Crippen molar-refractivity contribution in [2.75, 3.05) is 0 Å². The lowest BCUT2D eigenvalue weighted by atomic mass is 9.88. The number of rotatable bonds is 2. The molecule has 0 heterocycles. The Morgan fingerprint density at radius 2 is 2.40 bits per heavy atom. The lowest BCUT2D eigenvalue weighted by Gasteiger charge is -2.18. The van der Waals surface area contributed by atoms with Gasteiger partial charge >= 0.3 is 6.03 Å². The Labute approximate surface area is 89.6 Å². The van der Waals surface area contributed by atoms with Crippen LogP contribution in [0.5, 0.6) is 0 Å². The summed E-state index contributed by atoms with van der Waals surface area (Å²) < 4.78 is 0. The van der Waals surface area contributed by atoms with E-state index in [1.807, 2.05) is 0 Å². The number of urea groups is 1. The van der Waals surface area contributed by atoms with Crippen LogP contribution < -0.4 is 11.2 Å². The van der Waals surface area contributed by atoms with Crippen LogP contribution in [0.15, 0.2) is 16.8 Å². The molecule has 2 aliphatic rings. The zero-order chi connectivity index (χ0) is 11.2. The standard InChI is InChI=1S/C11H17N3O/c1-6(2)11-5-8(11)7(3)4-9(11)13-14-10(12)15/h4,6,8H,5H2,1-3H3,(H3,12,14,15)/b13-9+. The second kappa shape index (κ2) is 3.08. The molecule has 15 heavy (non-hydrogen) atoms. The topological polar surface area (TPSA) is 67.5 Å². The van der Waals surface area contributed by atoms with E-state index < -0.39 is 6.03 Å². The van der Waals surface area contributed by atoms with Crippen LogP contribution >= 0.6 is 0 Å². The Morgan fingerprint density at radius 1 is 1.73 bits per heavy atom. The number of carbonyl (C=O) groups excluding carboxylic acids is 1. The lowest BCUT2D eigenvalue weighted by molar-refractivity contribution is 0.249. The SMILES string of the molecule is CC1=C/C(=N\NC(N)=O)C2(C(C)C)CC12. The number of hydrogen-bond donors (Lipinski definition) is 2. The first-order chi connectivity index (χ1) is 6.98. The van der Waals surface area contributed by atoms with E-state index in [9.17, 15) is 4.79 Å². The summed E-state index contributed by atoms with van der Waals surface area (Å²) in [6.45, 7) is 6.53. The smallest absolute Gasteiger partial charge is 0.332 e. The number of primary amides is 1. The number of nitrogens with two attached hydrogens (primary N) is 1. The molecule has 0 saturated heterocycles. The second-order valence-electron chi connectivity index (χ2n) is 4.81. The van der Waals surface area contributed by atoms with E-state index in [-0.39, 0.29) is 5.41 Å². The predicted molar refractivity (Wildman–Crippen MR) is 59.3 cm³/mol.